The van der Waals surface area contributed by atoms with Crippen molar-refractivity contribution < 1.29 is 19.4 Å². The largest absolute Gasteiger partial charge is 0.477 e. The molecule has 4 aromatic rings. The molecule has 0 aliphatic carbocycles. The standard InChI is InChI=1S/C29H26N2O5/c32-28-22-11-10-21(30-13-5-2-6-14-30)16-23(22)26(20-7-3-1-4-8-20)27(29(33)34)31(28)17-19-9-12-24-25(15-19)36-18-35-24/h1,3-4,7-12,15-16H,2,5-6,13-14,17-18H2,(H,33,34). The monoisotopic (exact) mass is 482 g/mol. The summed E-state index contributed by atoms with van der Waals surface area (Å²) in [5.41, 5.74) is 2.74. The van der Waals surface area contributed by atoms with E-state index in [2.05, 4.69) is 4.90 Å². The zero-order valence-corrected chi connectivity index (χ0v) is 19.8. The normalized spacial score (nSPS) is 14.8. The van der Waals surface area contributed by atoms with Crippen molar-refractivity contribution in [2.24, 2.45) is 0 Å². The Labute approximate surface area is 208 Å². The maximum absolute atomic E-state index is 13.8. The molecule has 2 aliphatic heterocycles. The molecule has 1 saturated heterocycles. The third-order valence-electron chi connectivity index (χ3n) is 7.02. The molecule has 3 aromatic carbocycles. The quantitative estimate of drug-likeness (QED) is 0.425. The highest BCUT2D eigenvalue weighted by molar-refractivity contribution is 6.07. The lowest BCUT2D eigenvalue weighted by atomic mass is 9.95. The zero-order chi connectivity index (χ0) is 24.6. The van der Waals surface area contributed by atoms with E-state index >= 15 is 0 Å². The molecule has 36 heavy (non-hydrogen) atoms. The molecule has 0 saturated carbocycles. The lowest BCUT2D eigenvalue weighted by Gasteiger charge is -2.29. The van der Waals surface area contributed by atoms with Crippen LogP contribution in [0, 0.1) is 0 Å². The third-order valence-corrected chi connectivity index (χ3v) is 7.02. The number of ether oxygens (including phenoxy) is 2. The summed E-state index contributed by atoms with van der Waals surface area (Å²) in [4.78, 5) is 28.9. The molecule has 1 fully saturated rings. The van der Waals surface area contributed by atoms with Crippen LogP contribution in [0.15, 0.2) is 71.5 Å². The summed E-state index contributed by atoms with van der Waals surface area (Å²) >= 11 is 0. The maximum Gasteiger partial charge on any atom is 0.353 e. The topological polar surface area (TPSA) is 81.0 Å². The van der Waals surface area contributed by atoms with E-state index in [1.165, 1.54) is 11.0 Å². The van der Waals surface area contributed by atoms with Gasteiger partial charge in [-0.3, -0.25) is 9.36 Å². The Morgan fingerprint density at radius 2 is 1.64 bits per heavy atom. The van der Waals surface area contributed by atoms with Crippen molar-refractivity contribution in [1.82, 2.24) is 4.57 Å². The summed E-state index contributed by atoms with van der Waals surface area (Å²) in [7, 11) is 0. The van der Waals surface area contributed by atoms with Gasteiger partial charge in [-0.15, -0.1) is 0 Å². The van der Waals surface area contributed by atoms with Crippen LogP contribution in [0.5, 0.6) is 11.5 Å². The number of rotatable bonds is 5. The van der Waals surface area contributed by atoms with Gasteiger partial charge in [-0.25, -0.2) is 4.79 Å². The molecule has 182 valence electrons. The van der Waals surface area contributed by atoms with Crippen LogP contribution < -0.4 is 19.9 Å². The van der Waals surface area contributed by atoms with Crippen molar-refractivity contribution in [1.29, 1.82) is 0 Å². The first-order valence-electron chi connectivity index (χ1n) is 12.2. The number of benzene rings is 3. The van der Waals surface area contributed by atoms with Gasteiger partial charge >= 0.3 is 5.97 Å². The summed E-state index contributed by atoms with van der Waals surface area (Å²) in [6, 6.07) is 20.7. The third kappa shape index (κ3) is 3.86. The summed E-state index contributed by atoms with van der Waals surface area (Å²) in [6.45, 7) is 2.16. The second-order valence-electron chi connectivity index (χ2n) is 9.25. The Kier molecular flexibility index (Phi) is 5.60. The summed E-state index contributed by atoms with van der Waals surface area (Å²) < 4.78 is 12.3. The molecule has 6 rings (SSSR count). The molecule has 0 radical (unpaired) electrons. The predicted molar refractivity (Wildman–Crippen MR) is 138 cm³/mol. The second kappa shape index (κ2) is 9.07. The van der Waals surface area contributed by atoms with Crippen LogP contribution in [-0.2, 0) is 6.54 Å². The van der Waals surface area contributed by atoms with Crippen molar-refractivity contribution in [2.75, 3.05) is 24.8 Å². The molecule has 0 bridgehead atoms. The smallest absolute Gasteiger partial charge is 0.353 e. The number of pyridine rings is 1. The van der Waals surface area contributed by atoms with Gasteiger partial charge in [-0.1, -0.05) is 36.4 Å². The van der Waals surface area contributed by atoms with Gasteiger partial charge < -0.3 is 19.5 Å². The van der Waals surface area contributed by atoms with E-state index in [0.29, 0.717) is 27.8 Å². The molecule has 2 aliphatic rings. The van der Waals surface area contributed by atoms with Crippen LogP contribution >= 0.6 is 0 Å². The molecule has 0 spiro atoms. The Hall–Kier alpha value is -4.26. The molecule has 0 unspecified atom stereocenters. The van der Waals surface area contributed by atoms with Crippen molar-refractivity contribution in [3.8, 4) is 22.6 Å². The fraction of sp³-hybridized carbons (Fsp3) is 0.241. The van der Waals surface area contributed by atoms with E-state index in [1.807, 2.05) is 54.6 Å². The molecule has 0 amide bonds. The van der Waals surface area contributed by atoms with Gasteiger partial charge in [-0.05, 0) is 66.1 Å². The number of aromatic nitrogens is 1. The fourth-order valence-corrected chi connectivity index (χ4v) is 5.28. The highest BCUT2D eigenvalue weighted by Gasteiger charge is 2.25. The zero-order valence-electron chi connectivity index (χ0n) is 19.8. The van der Waals surface area contributed by atoms with E-state index in [4.69, 9.17) is 9.47 Å². The van der Waals surface area contributed by atoms with E-state index in [1.54, 1.807) is 12.1 Å². The van der Waals surface area contributed by atoms with Gasteiger partial charge in [0, 0.05) is 29.7 Å². The van der Waals surface area contributed by atoms with Crippen LogP contribution in [0.3, 0.4) is 0 Å². The first-order valence-corrected chi connectivity index (χ1v) is 12.2. The average Bonchev–Trinajstić information content (AvgIpc) is 3.38. The van der Waals surface area contributed by atoms with Crippen LogP contribution in [0.4, 0.5) is 5.69 Å². The molecule has 1 aromatic heterocycles. The average molecular weight is 483 g/mol. The van der Waals surface area contributed by atoms with Gasteiger partial charge in [0.2, 0.25) is 6.79 Å². The first-order chi connectivity index (χ1) is 17.6. The molecule has 1 N–H and O–H groups in total. The minimum Gasteiger partial charge on any atom is -0.477 e. The van der Waals surface area contributed by atoms with Crippen LogP contribution in [0.1, 0.15) is 35.3 Å². The van der Waals surface area contributed by atoms with Crippen LogP contribution in [0.25, 0.3) is 21.9 Å². The minimum absolute atomic E-state index is 0.0211. The van der Waals surface area contributed by atoms with Crippen LogP contribution in [-0.4, -0.2) is 35.5 Å². The van der Waals surface area contributed by atoms with E-state index < -0.39 is 5.97 Å². The highest BCUT2D eigenvalue weighted by Crippen LogP contribution is 2.36. The summed E-state index contributed by atoms with van der Waals surface area (Å²) in [6.07, 6.45) is 3.47. The van der Waals surface area contributed by atoms with Gasteiger partial charge in [0.15, 0.2) is 11.5 Å². The number of aromatic carboxylic acids is 1. The molecule has 7 heteroatoms. The number of carbonyl (C=O) groups is 1. The van der Waals surface area contributed by atoms with E-state index in [0.717, 1.165) is 42.7 Å². The van der Waals surface area contributed by atoms with Gasteiger partial charge in [-0.2, -0.15) is 0 Å². The predicted octanol–water partition coefficient (Wildman–Crippen LogP) is 5.13. The fourth-order valence-electron chi connectivity index (χ4n) is 5.28. The first kappa shape index (κ1) is 22.2. The number of nitrogens with zero attached hydrogens (tertiary/aromatic N) is 2. The van der Waals surface area contributed by atoms with Gasteiger partial charge in [0.1, 0.15) is 5.69 Å². The van der Waals surface area contributed by atoms with Crippen molar-refractivity contribution in [3.05, 3.63) is 88.3 Å². The van der Waals surface area contributed by atoms with Crippen molar-refractivity contribution in [2.45, 2.75) is 25.8 Å². The van der Waals surface area contributed by atoms with Gasteiger partial charge in [0.25, 0.3) is 5.56 Å². The Bertz CT molecular complexity index is 1520. The molecule has 0 atom stereocenters. The molecule has 3 heterocycles. The number of hydrogen-bond donors (Lipinski definition) is 1. The highest BCUT2D eigenvalue weighted by atomic mass is 16.7. The lowest BCUT2D eigenvalue weighted by Crippen LogP contribution is -2.30. The van der Waals surface area contributed by atoms with Crippen LogP contribution in [0.2, 0.25) is 0 Å². The minimum atomic E-state index is -1.14. The number of hydrogen-bond acceptors (Lipinski definition) is 5. The second-order valence-corrected chi connectivity index (χ2v) is 9.25. The molecule has 7 nitrogen and oxygen atoms in total. The van der Waals surface area contributed by atoms with E-state index in [9.17, 15) is 14.7 Å². The number of carboxylic acids is 1. The van der Waals surface area contributed by atoms with Crippen molar-refractivity contribution in [3.63, 3.8) is 0 Å². The lowest BCUT2D eigenvalue weighted by molar-refractivity contribution is 0.0685. The number of piperidine rings is 1. The summed E-state index contributed by atoms with van der Waals surface area (Å²) in [5.74, 6) is 0.0860. The Balaban J connectivity index is 1.59. The Morgan fingerprint density at radius 1 is 0.861 bits per heavy atom. The molecular formula is C29H26N2O5. The maximum atomic E-state index is 13.8. The van der Waals surface area contributed by atoms with Gasteiger partial charge in [0.05, 0.1) is 6.54 Å². The number of anilines is 1. The number of carboxylic acid groups (broad SMARTS) is 1. The van der Waals surface area contributed by atoms with Crippen molar-refractivity contribution >= 4 is 22.4 Å². The summed E-state index contributed by atoms with van der Waals surface area (Å²) in [5, 5.41) is 11.6. The van der Waals surface area contributed by atoms with E-state index in [-0.39, 0.29) is 24.6 Å². The SMILES string of the molecule is O=C(O)c1c(-c2ccccc2)c2cc(N3CCCCC3)ccc2c(=O)n1Cc1ccc2c(c1)OCO2. The number of fused-ring (bicyclic) bond motifs is 2. The Morgan fingerprint density at radius 3 is 2.42 bits per heavy atom. The molecular weight excluding hydrogens is 456 g/mol.